The lowest BCUT2D eigenvalue weighted by Gasteiger charge is -2.20. The second-order valence-corrected chi connectivity index (χ2v) is 8.10. The van der Waals surface area contributed by atoms with Crippen molar-refractivity contribution in [1.29, 1.82) is 0 Å². The standard InChI is InChI=1S/C24H26N4O3/c1-17-14-20(18(2)27(17)16-21-10-7-13-31-21)15-25-28-22(29)24(3,26-23(28)30)12-11-19-8-5-4-6-9-19/h4-10,13-15H,11-12,16H2,1-3H3,(H,26,30)/b25-15-/t24-/m0/s1. The summed E-state index contributed by atoms with van der Waals surface area (Å²) in [5, 5.41) is 7.97. The van der Waals surface area contributed by atoms with Crippen molar-refractivity contribution in [1.82, 2.24) is 14.9 Å². The summed E-state index contributed by atoms with van der Waals surface area (Å²) < 4.78 is 7.55. The molecule has 0 saturated carbocycles. The molecule has 4 rings (SSSR count). The molecule has 0 spiro atoms. The van der Waals surface area contributed by atoms with E-state index in [-0.39, 0.29) is 5.91 Å². The highest BCUT2D eigenvalue weighted by Gasteiger charge is 2.47. The number of hydrazone groups is 1. The van der Waals surface area contributed by atoms with Gasteiger partial charge in [0.25, 0.3) is 5.91 Å². The lowest BCUT2D eigenvalue weighted by molar-refractivity contribution is -0.130. The van der Waals surface area contributed by atoms with E-state index in [1.807, 2.05) is 62.4 Å². The predicted octanol–water partition coefficient (Wildman–Crippen LogP) is 4.02. The maximum atomic E-state index is 13.0. The molecule has 3 heterocycles. The van der Waals surface area contributed by atoms with Crippen molar-refractivity contribution >= 4 is 18.2 Å². The van der Waals surface area contributed by atoms with Gasteiger partial charge in [-0.15, -0.1) is 5.01 Å². The molecule has 0 bridgehead atoms. The van der Waals surface area contributed by atoms with E-state index >= 15 is 0 Å². The van der Waals surface area contributed by atoms with Gasteiger partial charge in [-0.2, -0.15) is 5.10 Å². The topological polar surface area (TPSA) is 79.8 Å². The van der Waals surface area contributed by atoms with Crippen LogP contribution in [0.25, 0.3) is 0 Å². The van der Waals surface area contributed by atoms with Crippen molar-refractivity contribution in [3.8, 4) is 0 Å². The number of hydrogen-bond donors (Lipinski definition) is 1. The molecule has 160 valence electrons. The fraction of sp³-hybridized carbons (Fsp3) is 0.292. The Hall–Kier alpha value is -3.61. The summed E-state index contributed by atoms with van der Waals surface area (Å²) in [5.74, 6) is 0.516. The average Bonchev–Trinajstić information content (AvgIpc) is 3.42. The van der Waals surface area contributed by atoms with Crippen LogP contribution >= 0.6 is 0 Å². The largest absolute Gasteiger partial charge is 0.467 e. The number of carbonyl (C=O) groups is 2. The van der Waals surface area contributed by atoms with Crippen molar-refractivity contribution in [3.05, 3.63) is 83.1 Å². The maximum Gasteiger partial charge on any atom is 0.346 e. The minimum absolute atomic E-state index is 0.339. The lowest BCUT2D eigenvalue weighted by Crippen LogP contribution is -2.44. The number of urea groups is 1. The zero-order chi connectivity index (χ0) is 22.0. The predicted molar refractivity (Wildman–Crippen MR) is 118 cm³/mol. The number of hydrogen-bond acceptors (Lipinski definition) is 4. The van der Waals surface area contributed by atoms with Gasteiger partial charge >= 0.3 is 6.03 Å². The van der Waals surface area contributed by atoms with Crippen LogP contribution in [0.5, 0.6) is 0 Å². The summed E-state index contributed by atoms with van der Waals surface area (Å²) in [7, 11) is 0. The van der Waals surface area contributed by atoms with Gasteiger partial charge in [0.1, 0.15) is 11.3 Å². The van der Waals surface area contributed by atoms with Crippen LogP contribution < -0.4 is 5.32 Å². The summed E-state index contributed by atoms with van der Waals surface area (Å²) in [6.45, 7) is 6.34. The van der Waals surface area contributed by atoms with E-state index in [9.17, 15) is 9.59 Å². The number of nitrogens with one attached hydrogen (secondary N) is 1. The first-order valence-corrected chi connectivity index (χ1v) is 10.3. The number of benzene rings is 1. The number of carbonyl (C=O) groups excluding carboxylic acids is 2. The molecule has 1 aliphatic heterocycles. The first-order chi connectivity index (χ1) is 14.9. The van der Waals surface area contributed by atoms with Crippen LogP contribution in [-0.2, 0) is 17.8 Å². The molecule has 3 amide bonds. The molecule has 1 atom stereocenters. The summed E-state index contributed by atoms with van der Waals surface area (Å²) in [4.78, 5) is 25.4. The normalized spacial score (nSPS) is 18.9. The van der Waals surface area contributed by atoms with Crippen molar-refractivity contribution in [2.75, 3.05) is 0 Å². The maximum absolute atomic E-state index is 13.0. The summed E-state index contributed by atoms with van der Waals surface area (Å²) >= 11 is 0. The molecule has 0 aliphatic carbocycles. The number of rotatable bonds is 7. The third-order valence-corrected chi connectivity index (χ3v) is 5.82. The molecule has 1 N–H and O–H groups in total. The Morgan fingerprint density at radius 3 is 2.61 bits per heavy atom. The Labute approximate surface area is 181 Å². The highest BCUT2D eigenvalue weighted by Crippen LogP contribution is 2.24. The molecule has 0 unspecified atom stereocenters. The fourth-order valence-electron chi connectivity index (χ4n) is 3.86. The second kappa shape index (κ2) is 8.26. The van der Waals surface area contributed by atoms with E-state index in [4.69, 9.17) is 4.42 Å². The Morgan fingerprint density at radius 2 is 1.90 bits per heavy atom. The van der Waals surface area contributed by atoms with Crippen LogP contribution in [0.15, 0.2) is 64.3 Å². The number of amides is 3. The van der Waals surface area contributed by atoms with Crippen LogP contribution in [0.3, 0.4) is 0 Å². The molecule has 7 heteroatoms. The van der Waals surface area contributed by atoms with Crippen molar-refractivity contribution in [2.45, 2.75) is 45.7 Å². The summed E-state index contributed by atoms with van der Waals surface area (Å²) in [5.41, 5.74) is 3.02. The van der Waals surface area contributed by atoms with Gasteiger partial charge in [-0.25, -0.2) is 4.79 Å². The van der Waals surface area contributed by atoms with Crippen LogP contribution in [0.1, 0.15) is 41.6 Å². The summed E-state index contributed by atoms with van der Waals surface area (Å²) in [6.07, 6.45) is 4.42. The Balaban J connectivity index is 1.48. The van der Waals surface area contributed by atoms with E-state index in [1.165, 1.54) is 0 Å². The molecule has 1 aliphatic rings. The highest BCUT2D eigenvalue weighted by molar-refractivity contribution is 6.07. The number of furan rings is 1. The Kier molecular flexibility index (Phi) is 5.50. The first-order valence-electron chi connectivity index (χ1n) is 10.3. The van der Waals surface area contributed by atoms with Crippen LogP contribution in [0, 0.1) is 13.8 Å². The van der Waals surface area contributed by atoms with Gasteiger partial charge in [-0.05, 0) is 57.4 Å². The number of aryl methyl sites for hydroxylation is 2. The molecule has 3 aromatic rings. The number of imide groups is 1. The quantitative estimate of drug-likeness (QED) is 0.465. The third kappa shape index (κ3) is 4.17. The molecule has 2 aromatic heterocycles. The zero-order valence-corrected chi connectivity index (χ0v) is 18.0. The van der Waals surface area contributed by atoms with Gasteiger partial charge in [0.15, 0.2) is 0 Å². The van der Waals surface area contributed by atoms with Gasteiger partial charge in [0, 0.05) is 17.0 Å². The molecule has 1 aromatic carbocycles. The van der Waals surface area contributed by atoms with Crippen molar-refractivity contribution < 1.29 is 14.0 Å². The Bertz CT molecular complexity index is 1120. The number of aromatic nitrogens is 1. The SMILES string of the molecule is Cc1cc(/C=N\N2C(=O)N[C@@](C)(CCc3ccccc3)C2=O)c(C)n1Cc1ccco1. The third-order valence-electron chi connectivity index (χ3n) is 5.82. The molecular formula is C24H26N4O3. The van der Waals surface area contributed by atoms with Gasteiger partial charge in [0.2, 0.25) is 0 Å². The smallest absolute Gasteiger partial charge is 0.346 e. The molecule has 7 nitrogen and oxygen atoms in total. The average molecular weight is 418 g/mol. The van der Waals surface area contributed by atoms with Crippen LogP contribution in [-0.4, -0.2) is 33.3 Å². The van der Waals surface area contributed by atoms with Crippen LogP contribution in [0.4, 0.5) is 4.79 Å². The molecular weight excluding hydrogens is 392 g/mol. The van der Waals surface area contributed by atoms with E-state index in [1.54, 1.807) is 19.4 Å². The highest BCUT2D eigenvalue weighted by atomic mass is 16.3. The second-order valence-electron chi connectivity index (χ2n) is 8.10. The van der Waals surface area contributed by atoms with E-state index in [0.717, 1.165) is 33.3 Å². The molecule has 0 radical (unpaired) electrons. The zero-order valence-electron chi connectivity index (χ0n) is 18.0. The van der Waals surface area contributed by atoms with Gasteiger partial charge in [0.05, 0.1) is 19.0 Å². The molecule has 1 saturated heterocycles. The van der Waals surface area contributed by atoms with E-state index < -0.39 is 11.6 Å². The van der Waals surface area contributed by atoms with Crippen molar-refractivity contribution in [2.24, 2.45) is 5.10 Å². The fourth-order valence-corrected chi connectivity index (χ4v) is 3.86. The monoisotopic (exact) mass is 418 g/mol. The van der Waals surface area contributed by atoms with Gasteiger partial charge in [-0.1, -0.05) is 30.3 Å². The van der Waals surface area contributed by atoms with Crippen LogP contribution in [0.2, 0.25) is 0 Å². The van der Waals surface area contributed by atoms with E-state index in [2.05, 4.69) is 15.0 Å². The van der Waals surface area contributed by atoms with Crippen molar-refractivity contribution in [3.63, 3.8) is 0 Å². The molecule has 31 heavy (non-hydrogen) atoms. The van der Waals surface area contributed by atoms with Gasteiger partial charge in [-0.3, -0.25) is 4.79 Å². The minimum Gasteiger partial charge on any atom is -0.467 e. The summed E-state index contributed by atoms with van der Waals surface area (Å²) in [6, 6.07) is 15.2. The Morgan fingerprint density at radius 1 is 1.13 bits per heavy atom. The first kappa shape index (κ1) is 20.7. The van der Waals surface area contributed by atoms with E-state index in [0.29, 0.717) is 19.4 Å². The lowest BCUT2D eigenvalue weighted by atomic mass is 9.93. The molecule has 1 fully saturated rings. The number of nitrogens with zero attached hydrogens (tertiary/aromatic N) is 3. The minimum atomic E-state index is -0.972. The van der Waals surface area contributed by atoms with Gasteiger partial charge < -0.3 is 14.3 Å².